The van der Waals surface area contributed by atoms with E-state index in [0.29, 0.717) is 22.2 Å². The standard InChI is InChI=1S/C15H20Cl2N2O3/c1-9(20)7-15(2,3)8-18-13(21)14(22)19-12-5-10(16)4-11(17)6-12/h4-6,9,20H,7-8H2,1-3H3,(H,18,21)(H,19,22). The van der Waals surface area contributed by atoms with Crippen molar-refractivity contribution in [1.82, 2.24) is 5.32 Å². The fourth-order valence-electron chi connectivity index (χ4n) is 2.09. The minimum atomic E-state index is -0.800. The van der Waals surface area contributed by atoms with Gasteiger partial charge in [-0.05, 0) is 37.0 Å². The van der Waals surface area contributed by atoms with Gasteiger partial charge in [0, 0.05) is 22.3 Å². The maximum atomic E-state index is 11.8. The van der Waals surface area contributed by atoms with E-state index >= 15 is 0 Å². The zero-order valence-electron chi connectivity index (χ0n) is 12.7. The molecular weight excluding hydrogens is 327 g/mol. The van der Waals surface area contributed by atoms with Crippen LogP contribution in [-0.2, 0) is 9.59 Å². The van der Waals surface area contributed by atoms with E-state index in [0.717, 1.165) is 0 Å². The summed E-state index contributed by atoms with van der Waals surface area (Å²) in [5, 5.41) is 15.1. The zero-order chi connectivity index (χ0) is 16.9. The van der Waals surface area contributed by atoms with Crippen LogP contribution in [0.25, 0.3) is 0 Å². The number of hydrogen-bond donors (Lipinski definition) is 3. The topological polar surface area (TPSA) is 78.4 Å². The molecule has 0 fully saturated rings. The molecule has 1 aromatic rings. The molecule has 0 aliphatic heterocycles. The van der Waals surface area contributed by atoms with Gasteiger partial charge < -0.3 is 15.7 Å². The van der Waals surface area contributed by atoms with Crippen molar-refractivity contribution in [3.8, 4) is 0 Å². The molecule has 5 nitrogen and oxygen atoms in total. The molecule has 2 amide bonds. The highest BCUT2D eigenvalue weighted by atomic mass is 35.5. The van der Waals surface area contributed by atoms with Gasteiger partial charge >= 0.3 is 11.8 Å². The zero-order valence-corrected chi connectivity index (χ0v) is 14.3. The van der Waals surface area contributed by atoms with E-state index in [-0.39, 0.29) is 12.0 Å². The predicted octanol–water partition coefficient (Wildman–Crippen LogP) is 2.85. The summed E-state index contributed by atoms with van der Waals surface area (Å²) in [6.45, 7) is 5.75. The SMILES string of the molecule is CC(O)CC(C)(C)CNC(=O)C(=O)Nc1cc(Cl)cc(Cl)c1. The van der Waals surface area contributed by atoms with Crippen LogP contribution in [0.2, 0.25) is 10.0 Å². The smallest absolute Gasteiger partial charge is 0.313 e. The van der Waals surface area contributed by atoms with Gasteiger partial charge in [-0.25, -0.2) is 0 Å². The highest BCUT2D eigenvalue weighted by Gasteiger charge is 2.23. The van der Waals surface area contributed by atoms with Gasteiger partial charge in [0.1, 0.15) is 0 Å². The summed E-state index contributed by atoms with van der Waals surface area (Å²) in [6.07, 6.45) is 0.0352. The molecule has 0 aliphatic rings. The highest BCUT2D eigenvalue weighted by Crippen LogP contribution is 2.23. The Morgan fingerprint density at radius 3 is 2.23 bits per heavy atom. The lowest BCUT2D eigenvalue weighted by Gasteiger charge is -2.26. The van der Waals surface area contributed by atoms with Crippen molar-refractivity contribution < 1.29 is 14.7 Å². The van der Waals surface area contributed by atoms with Gasteiger partial charge in [0.05, 0.1) is 6.10 Å². The molecule has 1 atom stereocenters. The Morgan fingerprint density at radius 1 is 1.18 bits per heavy atom. The van der Waals surface area contributed by atoms with Crippen LogP contribution in [0.15, 0.2) is 18.2 Å². The van der Waals surface area contributed by atoms with Crippen molar-refractivity contribution in [2.45, 2.75) is 33.3 Å². The maximum Gasteiger partial charge on any atom is 0.313 e. The van der Waals surface area contributed by atoms with E-state index in [9.17, 15) is 14.7 Å². The maximum absolute atomic E-state index is 11.8. The Bertz CT molecular complexity index is 539. The first kappa shape index (κ1) is 18.7. The van der Waals surface area contributed by atoms with Crippen LogP contribution in [-0.4, -0.2) is 29.6 Å². The van der Waals surface area contributed by atoms with Crippen LogP contribution < -0.4 is 10.6 Å². The van der Waals surface area contributed by atoms with Crippen molar-refractivity contribution in [2.24, 2.45) is 5.41 Å². The van der Waals surface area contributed by atoms with Gasteiger partial charge in [-0.3, -0.25) is 9.59 Å². The highest BCUT2D eigenvalue weighted by molar-refractivity contribution is 6.40. The third kappa shape index (κ3) is 6.64. The van der Waals surface area contributed by atoms with Crippen molar-refractivity contribution in [3.05, 3.63) is 28.2 Å². The molecule has 0 radical (unpaired) electrons. The summed E-state index contributed by atoms with van der Waals surface area (Å²) < 4.78 is 0. The van der Waals surface area contributed by atoms with Crippen molar-refractivity contribution in [3.63, 3.8) is 0 Å². The second kappa shape index (κ2) is 7.81. The molecule has 0 bridgehead atoms. The summed E-state index contributed by atoms with van der Waals surface area (Å²) in [6, 6.07) is 4.52. The van der Waals surface area contributed by atoms with E-state index in [4.69, 9.17) is 23.2 Å². The lowest BCUT2D eigenvalue weighted by atomic mass is 9.87. The Labute approximate surface area is 140 Å². The van der Waals surface area contributed by atoms with Crippen molar-refractivity contribution >= 4 is 40.7 Å². The fraction of sp³-hybridized carbons (Fsp3) is 0.467. The molecule has 1 rings (SSSR count). The lowest BCUT2D eigenvalue weighted by molar-refractivity contribution is -0.136. The van der Waals surface area contributed by atoms with Gasteiger partial charge in [0.15, 0.2) is 0 Å². The molecule has 1 aromatic carbocycles. The van der Waals surface area contributed by atoms with Crippen LogP contribution in [0.3, 0.4) is 0 Å². The number of aliphatic hydroxyl groups excluding tert-OH is 1. The lowest BCUT2D eigenvalue weighted by Crippen LogP contribution is -2.41. The molecule has 1 unspecified atom stereocenters. The Morgan fingerprint density at radius 2 is 1.73 bits per heavy atom. The number of aliphatic hydroxyl groups is 1. The van der Waals surface area contributed by atoms with Gasteiger partial charge in [-0.15, -0.1) is 0 Å². The van der Waals surface area contributed by atoms with E-state index < -0.39 is 17.9 Å². The predicted molar refractivity (Wildman–Crippen MR) is 88.2 cm³/mol. The average Bonchev–Trinajstić information content (AvgIpc) is 2.33. The van der Waals surface area contributed by atoms with E-state index in [1.54, 1.807) is 6.92 Å². The van der Waals surface area contributed by atoms with E-state index in [1.807, 2.05) is 13.8 Å². The molecule has 0 aliphatic carbocycles. The number of nitrogens with one attached hydrogen (secondary N) is 2. The summed E-state index contributed by atoms with van der Waals surface area (Å²) in [7, 11) is 0. The van der Waals surface area contributed by atoms with Gasteiger partial charge in [-0.1, -0.05) is 37.0 Å². The normalized spacial score (nSPS) is 12.6. The van der Waals surface area contributed by atoms with Gasteiger partial charge in [0.2, 0.25) is 0 Å². The van der Waals surface area contributed by atoms with E-state index in [1.165, 1.54) is 18.2 Å². The van der Waals surface area contributed by atoms with Crippen LogP contribution in [0.4, 0.5) is 5.69 Å². The second-order valence-electron chi connectivity index (χ2n) is 6.01. The number of carbonyl (C=O) groups is 2. The number of hydrogen-bond acceptors (Lipinski definition) is 3. The van der Waals surface area contributed by atoms with E-state index in [2.05, 4.69) is 10.6 Å². The first-order valence-corrected chi connectivity index (χ1v) is 7.58. The first-order chi connectivity index (χ1) is 10.1. The molecular formula is C15H20Cl2N2O3. The summed E-state index contributed by atoms with van der Waals surface area (Å²) in [5.74, 6) is -1.55. The third-order valence-electron chi connectivity index (χ3n) is 2.90. The molecule has 0 aromatic heterocycles. The number of benzene rings is 1. The van der Waals surface area contributed by atoms with Crippen molar-refractivity contribution in [1.29, 1.82) is 0 Å². The van der Waals surface area contributed by atoms with Gasteiger partial charge in [0.25, 0.3) is 0 Å². The molecule has 3 N–H and O–H groups in total. The fourth-order valence-corrected chi connectivity index (χ4v) is 2.61. The van der Waals surface area contributed by atoms with Crippen LogP contribution in [0.1, 0.15) is 27.2 Å². The number of carbonyl (C=O) groups excluding carboxylic acids is 2. The van der Waals surface area contributed by atoms with Crippen LogP contribution in [0, 0.1) is 5.41 Å². The number of rotatable bonds is 5. The Balaban J connectivity index is 2.57. The first-order valence-electron chi connectivity index (χ1n) is 6.82. The monoisotopic (exact) mass is 346 g/mol. The minimum Gasteiger partial charge on any atom is -0.393 e. The molecule has 0 saturated heterocycles. The summed E-state index contributed by atoms with van der Waals surface area (Å²) >= 11 is 11.6. The quantitative estimate of drug-likeness (QED) is 0.717. The molecule has 122 valence electrons. The number of amides is 2. The Kier molecular flexibility index (Phi) is 6.66. The summed E-state index contributed by atoms with van der Waals surface area (Å²) in [4.78, 5) is 23.6. The van der Waals surface area contributed by atoms with Crippen molar-refractivity contribution in [2.75, 3.05) is 11.9 Å². The molecule has 7 heteroatoms. The molecule has 0 heterocycles. The largest absolute Gasteiger partial charge is 0.393 e. The minimum absolute atomic E-state index is 0.278. The Hall–Kier alpha value is -1.30. The van der Waals surface area contributed by atoms with Crippen LogP contribution in [0.5, 0.6) is 0 Å². The van der Waals surface area contributed by atoms with Gasteiger partial charge in [-0.2, -0.15) is 0 Å². The second-order valence-corrected chi connectivity index (χ2v) is 6.89. The summed E-state index contributed by atoms with van der Waals surface area (Å²) in [5.41, 5.74) is 0.0320. The number of halogens is 2. The number of anilines is 1. The van der Waals surface area contributed by atoms with Crippen LogP contribution >= 0.6 is 23.2 Å². The third-order valence-corrected chi connectivity index (χ3v) is 3.34. The molecule has 0 spiro atoms. The average molecular weight is 347 g/mol. The molecule has 0 saturated carbocycles. The molecule has 22 heavy (non-hydrogen) atoms.